The zero-order valence-electron chi connectivity index (χ0n) is 10.3. The van der Waals surface area contributed by atoms with Crippen molar-refractivity contribution in [3.05, 3.63) is 36.4 Å². The van der Waals surface area contributed by atoms with Gasteiger partial charge in [0.2, 0.25) is 5.91 Å². The van der Waals surface area contributed by atoms with Crippen LogP contribution in [0, 0.1) is 0 Å². The molecule has 0 aliphatic heterocycles. The molecule has 0 aliphatic carbocycles. The van der Waals surface area contributed by atoms with Crippen LogP contribution < -0.4 is 14.8 Å². The van der Waals surface area contributed by atoms with E-state index in [9.17, 15) is 4.79 Å². The zero-order valence-corrected chi connectivity index (χ0v) is 10.3. The Balaban J connectivity index is 2.91. The lowest BCUT2D eigenvalue weighted by Gasteiger charge is -2.15. The maximum absolute atomic E-state index is 11.2. The molecule has 0 fully saturated rings. The second-order valence-electron chi connectivity index (χ2n) is 3.55. The third kappa shape index (κ3) is 3.24. The summed E-state index contributed by atoms with van der Waals surface area (Å²) in [6.45, 7) is 5.30. The van der Waals surface area contributed by atoms with Crippen molar-refractivity contribution in [2.75, 3.05) is 14.2 Å². The molecule has 1 amide bonds. The smallest absolute Gasteiger partial charge is 0.243 e. The number of amides is 1. The summed E-state index contributed by atoms with van der Waals surface area (Å²) in [6, 6.07) is 5.42. The van der Waals surface area contributed by atoms with E-state index in [1.165, 1.54) is 6.08 Å². The molecule has 0 aromatic heterocycles. The first-order valence-electron chi connectivity index (χ1n) is 5.27. The Hall–Kier alpha value is -1.97. The van der Waals surface area contributed by atoms with Crippen LogP contribution in [0.1, 0.15) is 18.5 Å². The number of nitrogens with one attached hydrogen (secondary N) is 1. The minimum atomic E-state index is -0.202. The van der Waals surface area contributed by atoms with Gasteiger partial charge in [-0.1, -0.05) is 12.6 Å². The first kappa shape index (κ1) is 13.1. The predicted octanol–water partition coefficient (Wildman–Crippen LogP) is 2.07. The standard InChI is InChI=1S/C13H17NO3/c1-5-13(15)14-9(2)10-6-7-11(16-3)12(8-10)17-4/h5-9H,1H2,2-4H3,(H,14,15)/t9-/m1/s1. The quantitative estimate of drug-likeness (QED) is 0.795. The van der Waals surface area contributed by atoms with Crippen LogP contribution in [-0.2, 0) is 4.79 Å². The average molecular weight is 235 g/mol. The van der Waals surface area contributed by atoms with E-state index in [1.807, 2.05) is 25.1 Å². The SMILES string of the molecule is C=CC(=O)N[C@H](C)c1ccc(OC)c(OC)c1. The van der Waals surface area contributed by atoms with Gasteiger partial charge in [-0.15, -0.1) is 0 Å². The van der Waals surface area contributed by atoms with Crippen molar-refractivity contribution in [2.24, 2.45) is 0 Å². The second kappa shape index (κ2) is 5.94. The predicted molar refractivity (Wildman–Crippen MR) is 66.3 cm³/mol. The molecule has 17 heavy (non-hydrogen) atoms. The van der Waals surface area contributed by atoms with Crippen molar-refractivity contribution < 1.29 is 14.3 Å². The van der Waals surface area contributed by atoms with Crippen molar-refractivity contribution in [1.29, 1.82) is 0 Å². The Kier molecular flexibility index (Phi) is 4.57. The van der Waals surface area contributed by atoms with Gasteiger partial charge in [0.15, 0.2) is 11.5 Å². The molecule has 1 atom stereocenters. The average Bonchev–Trinajstić information content (AvgIpc) is 2.37. The molecule has 0 unspecified atom stereocenters. The number of benzene rings is 1. The summed E-state index contributed by atoms with van der Waals surface area (Å²) in [4.78, 5) is 11.2. The molecule has 1 rings (SSSR count). The fraction of sp³-hybridized carbons (Fsp3) is 0.308. The van der Waals surface area contributed by atoms with Crippen molar-refractivity contribution in [2.45, 2.75) is 13.0 Å². The molecule has 0 aliphatic rings. The number of rotatable bonds is 5. The molecule has 0 spiro atoms. The molecule has 0 saturated carbocycles. The van der Waals surface area contributed by atoms with Gasteiger partial charge >= 0.3 is 0 Å². The summed E-state index contributed by atoms with van der Waals surface area (Å²) in [5.74, 6) is 1.11. The number of carbonyl (C=O) groups is 1. The molecule has 4 nitrogen and oxygen atoms in total. The van der Waals surface area contributed by atoms with Crippen LogP contribution >= 0.6 is 0 Å². The van der Waals surface area contributed by atoms with E-state index in [4.69, 9.17) is 9.47 Å². The summed E-state index contributed by atoms with van der Waals surface area (Å²) in [7, 11) is 3.16. The van der Waals surface area contributed by atoms with E-state index in [0.29, 0.717) is 11.5 Å². The maximum atomic E-state index is 11.2. The second-order valence-corrected chi connectivity index (χ2v) is 3.55. The van der Waals surface area contributed by atoms with E-state index >= 15 is 0 Å². The first-order valence-corrected chi connectivity index (χ1v) is 5.27. The highest BCUT2D eigenvalue weighted by atomic mass is 16.5. The minimum absolute atomic E-state index is 0.111. The van der Waals surface area contributed by atoms with Crippen LogP contribution in [0.4, 0.5) is 0 Å². The molecule has 0 heterocycles. The van der Waals surface area contributed by atoms with Crippen LogP contribution in [0.5, 0.6) is 11.5 Å². The van der Waals surface area contributed by atoms with Crippen molar-refractivity contribution in [1.82, 2.24) is 5.32 Å². The molecule has 1 aromatic rings. The van der Waals surface area contributed by atoms with Gasteiger partial charge in [-0.3, -0.25) is 4.79 Å². The Morgan fingerprint density at radius 2 is 2.00 bits per heavy atom. The van der Waals surface area contributed by atoms with E-state index in [0.717, 1.165) is 5.56 Å². The zero-order chi connectivity index (χ0) is 12.8. The molecule has 1 N–H and O–H groups in total. The summed E-state index contributed by atoms with van der Waals surface area (Å²) >= 11 is 0. The molecule has 0 radical (unpaired) electrons. The maximum Gasteiger partial charge on any atom is 0.243 e. The molecular formula is C13H17NO3. The molecule has 92 valence electrons. The van der Waals surface area contributed by atoms with E-state index in [2.05, 4.69) is 11.9 Å². The van der Waals surface area contributed by atoms with Crippen LogP contribution in [0.15, 0.2) is 30.9 Å². The monoisotopic (exact) mass is 235 g/mol. The molecule has 4 heteroatoms. The van der Waals surface area contributed by atoms with Crippen molar-refractivity contribution in [3.63, 3.8) is 0 Å². The van der Waals surface area contributed by atoms with Gasteiger partial charge in [-0.2, -0.15) is 0 Å². The molecule has 0 bridgehead atoms. The summed E-state index contributed by atoms with van der Waals surface area (Å²) < 4.78 is 10.3. The van der Waals surface area contributed by atoms with Gasteiger partial charge in [0, 0.05) is 0 Å². The van der Waals surface area contributed by atoms with Crippen LogP contribution in [0.3, 0.4) is 0 Å². The van der Waals surface area contributed by atoms with Gasteiger partial charge < -0.3 is 14.8 Å². The van der Waals surface area contributed by atoms with Crippen LogP contribution in [0.25, 0.3) is 0 Å². The lowest BCUT2D eigenvalue weighted by atomic mass is 10.1. The van der Waals surface area contributed by atoms with Crippen LogP contribution in [-0.4, -0.2) is 20.1 Å². The number of hydrogen-bond acceptors (Lipinski definition) is 3. The third-order valence-electron chi connectivity index (χ3n) is 2.45. The molecule has 1 aromatic carbocycles. The Morgan fingerprint density at radius 3 is 2.53 bits per heavy atom. The van der Waals surface area contributed by atoms with Gasteiger partial charge in [-0.05, 0) is 30.7 Å². The van der Waals surface area contributed by atoms with E-state index in [-0.39, 0.29) is 11.9 Å². The van der Waals surface area contributed by atoms with Crippen LogP contribution in [0.2, 0.25) is 0 Å². The van der Waals surface area contributed by atoms with Gasteiger partial charge in [-0.25, -0.2) is 0 Å². The van der Waals surface area contributed by atoms with Gasteiger partial charge in [0.1, 0.15) is 0 Å². The van der Waals surface area contributed by atoms with Crippen molar-refractivity contribution >= 4 is 5.91 Å². The normalized spacial score (nSPS) is 11.5. The highest BCUT2D eigenvalue weighted by Gasteiger charge is 2.11. The van der Waals surface area contributed by atoms with Crippen molar-refractivity contribution in [3.8, 4) is 11.5 Å². The van der Waals surface area contributed by atoms with Gasteiger partial charge in [0.05, 0.1) is 20.3 Å². The number of methoxy groups -OCH3 is 2. The highest BCUT2D eigenvalue weighted by molar-refractivity contribution is 5.87. The number of hydrogen-bond donors (Lipinski definition) is 1. The van der Waals surface area contributed by atoms with E-state index < -0.39 is 0 Å². The fourth-order valence-corrected chi connectivity index (χ4v) is 1.48. The third-order valence-corrected chi connectivity index (χ3v) is 2.45. The number of ether oxygens (including phenoxy) is 2. The number of carbonyl (C=O) groups excluding carboxylic acids is 1. The Morgan fingerprint density at radius 1 is 1.35 bits per heavy atom. The molecular weight excluding hydrogens is 218 g/mol. The summed E-state index contributed by atoms with van der Waals surface area (Å²) in [6.07, 6.45) is 1.25. The molecule has 0 saturated heterocycles. The fourth-order valence-electron chi connectivity index (χ4n) is 1.48. The largest absolute Gasteiger partial charge is 0.493 e. The highest BCUT2D eigenvalue weighted by Crippen LogP contribution is 2.29. The topological polar surface area (TPSA) is 47.6 Å². The lowest BCUT2D eigenvalue weighted by Crippen LogP contribution is -2.24. The lowest BCUT2D eigenvalue weighted by molar-refractivity contribution is -0.117. The summed E-state index contributed by atoms with van der Waals surface area (Å²) in [5.41, 5.74) is 0.942. The minimum Gasteiger partial charge on any atom is -0.493 e. The summed E-state index contributed by atoms with van der Waals surface area (Å²) in [5, 5.41) is 2.78. The Labute approximate surface area is 101 Å². The van der Waals surface area contributed by atoms with Gasteiger partial charge in [0.25, 0.3) is 0 Å². The van der Waals surface area contributed by atoms with E-state index in [1.54, 1.807) is 14.2 Å². The first-order chi connectivity index (χ1) is 8.12. The Bertz CT molecular complexity index is 415.